The van der Waals surface area contributed by atoms with Crippen molar-refractivity contribution in [3.05, 3.63) is 0 Å². The van der Waals surface area contributed by atoms with E-state index in [0.717, 1.165) is 51.4 Å². The van der Waals surface area contributed by atoms with Gasteiger partial charge in [-0.25, -0.2) is 0 Å². The predicted octanol–water partition coefficient (Wildman–Crippen LogP) is 4.72. The highest BCUT2D eigenvalue weighted by Gasteiger charge is 2.75. The van der Waals surface area contributed by atoms with Crippen LogP contribution in [0.15, 0.2) is 0 Å². The highest BCUT2D eigenvalue weighted by Crippen LogP contribution is 2.59. The number of likely N-dealkylation sites (tertiary alicyclic amines) is 4. The van der Waals surface area contributed by atoms with Crippen LogP contribution in [0.4, 0.5) is 0 Å². The fourth-order valence-electron chi connectivity index (χ4n) is 13.4. The van der Waals surface area contributed by atoms with E-state index >= 15 is 38.4 Å². The van der Waals surface area contributed by atoms with Crippen molar-refractivity contribution >= 4 is 47.3 Å². The first-order valence-corrected chi connectivity index (χ1v) is 22.3. The van der Waals surface area contributed by atoms with Crippen molar-refractivity contribution in [3.8, 4) is 0 Å². The Kier molecular flexibility index (Phi) is 9.62. The molecule has 9 rings (SSSR count). The van der Waals surface area contributed by atoms with Gasteiger partial charge < -0.3 is 0 Å². The standard InChI is InChI=1S/C44H60N4O8/c1-21-5-13-25(14-6-21)45-37(49)29-30(38(45)50)32-34(42(54)47(40(32)52)27-17-9-23(3)10-18-27)36-35(43(55)48(44(36)56)28-19-11-24(4)12-20-28)33-31(29)39(51)46(41(33)53)26-15-7-22(2)8-16-26/h21-36H,5-20H2,1-4H3. The zero-order valence-corrected chi connectivity index (χ0v) is 33.6. The summed E-state index contributed by atoms with van der Waals surface area (Å²) in [5, 5.41) is 0. The zero-order chi connectivity index (χ0) is 39.5. The Labute approximate surface area is 330 Å². The van der Waals surface area contributed by atoms with Crippen LogP contribution >= 0.6 is 0 Å². The fraction of sp³-hybridized carbons (Fsp3) is 0.818. The highest BCUT2D eigenvalue weighted by atomic mass is 16.2. The Balaban J connectivity index is 1.21. The van der Waals surface area contributed by atoms with E-state index in [4.69, 9.17) is 0 Å². The molecule has 4 aliphatic heterocycles. The van der Waals surface area contributed by atoms with Gasteiger partial charge in [0, 0.05) is 24.2 Å². The molecule has 9 aliphatic rings. The largest absolute Gasteiger partial charge is 0.279 e. The lowest BCUT2D eigenvalue weighted by atomic mass is 9.59. The molecule has 0 aromatic rings. The molecule has 0 radical (unpaired) electrons. The van der Waals surface area contributed by atoms with Crippen LogP contribution < -0.4 is 0 Å². The molecule has 0 atom stereocenters. The maximum absolute atomic E-state index is 15.1. The van der Waals surface area contributed by atoms with Crippen LogP contribution in [0.5, 0.6) is 0 Å². The van der Waals surface area contributed by atoms with Crippen LogP contribution in [0.3, 0.4) is 0 Å². The lowest BCUT2D eigenvalue weighted by Crippen LogP contribution is -2.50. The number of hydrogen-bond donors (Lipinski definition) is 0. The Bertz CT molecular complexity index is 1370. The van der Waals surface area contributed by atoms with Crippen molar-refractivity contribution in [2.45, 2.75) is 155 Å². The molecule has 0 aromatic carbocycles. The van der Waals surface area contributed by atoms with Crippen LogP contribution in [0.25, 0.3) is 0 Å². The molecule has 0 spiro atoms. The Morgan fingerprint density at radius 1 is 0.250 bits per heavy atom. The summed E-state index contributed by atoms with van der Waals surface area (Å²) in [5.41, 5.74) is 0. The van der Waals surface area contributed by atoms with Crippen LogP contribution in [-0.2, 0) is 38.4 Å². The Morgan fingerprint density at radius 3 is 0.500 bits per heavy atom. The Morgan fingerprint density at radius 2 is 0.375 bits per heavy atom. The first kappa shape index (κ1) is 38.1. The summed E-state index contributed by atoms with van der Waals surface area (Å²) in [4.78, 5) is 126. The number of imide groups is 4. The van der Waals surface area contributed by atoms with E-state index in [-0.39, 0.29) is 0 Å². The van der Waals surface area contributed by atoms with Gasteiger partial charge in [-0.2, -0.15) is 0 Å². The summed E-state index contributed by atoms with van der Waals surface area (Å²) >= 11 is 0. The number of fused-ring (bicyclic) bond motifs is 8. The third-order valence-electron chi connectivity index (χ3n) is 16.7. The SMILES string of the molecule is CC1CCC(N2C(=O)C3C(C2=O)C2C(=O)N(C4CCC(C)CC4)C(=O)C2C2C(=O)N(C4CCC(C)CC4)C(=O)C2C2C(=O)N(C4CCC(C)CC4)C(=O)C32)CC1. The summed E-state index contributed by atoms with van der Waals surface area (Å²) in [5.74, 6) is -13.8. The molecule has 0 unspecified atom stereocenters. The summed E-state index contributed by atoms with van der Waals surface area (Å²) in [7, 11) is 0. The van der Waals surface area contributed by atoms with Crippen molar-refractivity contribution in [2.75, 3.05) is 0 Å². The lowest BCUT2D eigenvalue weighted by molar-refractivity contribution is -0.147. The number of carbonyl (C=O) groups excluding carboxylic acids is 8. The van der Waals surface area contributed by atoms with Crippen LogP contribution in [0.1, 0.15) is 130 Å². The minimum absolute atomic E-state index is 0.422. The van der Waals surface area contributed by atoms with Gasteiger partial charge in [0.2, 0.25) is 47.3 Å². The lowest BCUT2D eigenvalue weighted by Gasteiger charge is -2.36. The summed E-state index contributed by atoms with van der Waals surface area (Å²) in [6.07, 6.45) is 11.3. The maximum atomic E-state index is 15.1. The van der Waals surface area contributed by atoms with Crippen molar-refractivity contribution in [2.24, 2.45) is 71.0 Å². The molecule has 12 heteroatoms. The van der Waals surface area contributed by atoms with Crippen LogP contribution in [-0.4, -0.2) is 91.0 Å². The summed E-state index contributed by atoms with van der Waals surface area (Å²) in [6, 6.07) is -1.69. The second-order valence-electron chi connectivity index (χ2n) is 20.0. The second-order valence-corrected chi connectivity index (χ2v) is 20.0. The van der Waals surface area contributed by atoms with Gasteiger partial charge in [-0.05, 0) is 126 Å². The molecule has 5 aliphatic carbocycles. The minimum atomic E-state index is -1.38. The third-order valence-corrected chi connectivity index (χ3v) is 16.7. The van der Waals surface area contributed by atoms with E-state index < -0.39 is 119 Å². The van der Waals surface area contributed by atoms with Gasteiger partial charge in [0.15, 0.2) is 0 Å². The number of nitrogens with zero attached hydrogens (tertiary/aromatic N) is 4. The molecule has 304 valence electrons. The van der Waals surface area contributed by atoms with E-state index in [1.807, 2.05) is 0 Å². The first-order chi connectivity index (χ1) is 26.8. The number of amides is 8. The number of hydrogen-bond acceptors (Lipinski definition) is 8. The average Bonchev–Trinajstić information content (AvgIpc) is 3.75. The van der Waals surface area contributed by atoms with Crippen molar-refractivity contribution in [1.82, 2.24) is 19.6 Å². The molecule has 0 aromatic heterocycles. The molecule has 4 saturated heterocycles. The van der Waals surface area contributed by atoms with Crippen molar-refractivity contribution < 1.29 is 38.4 Å². The topological polar surface area (TPSA) is 150 Å². The molecule has 0 bridgehead atoms. The van der Waals surface area contributed by atoms with E-state index in [1.165, 1.54) is 19.6 Å². The monoisotopic (exact) mass is 772 g/mol. The van der Waals surface area contributed by atoms with E-state index in [1.54, 1.807) is 0 Å². The summed E-state index contributed by atoms with van der Waals surface area (Å²) in [6.45, 7) is 8.57. The molecule has 56 heavy (non-hydrogen) atoms. The molecule has 9 fully saturated rings. The van der Waals surface area contributed by atoms with Crippen molar-refractivity contribution in [1.29, 1.82) is 0 Å². The summed E-state index contributed by atoms with van der Waals surface area (Å²) < 4.78 is 0. The van der Waals surface area contributed by atoms with E-state index in [9.17, 15) is 0 Å². The maximum Gasteiger partial charge on any atom is 0.234 e. The molecule has 8 amide bonds. The zero-order valence-electron chi connectivity index (χ0n) is 33.6. The molecule has 0 N–H and O–H groups in total. The quantitative estimate of drug-likeness (QED) is 0.295. The van der Waals surface area contributed by atoms with Crippen LogP contribution in [0, 0.1) is 71.0 Å². The van der Waals surface area contributed by atoms with E-state index in [0.29, 0.717) is 75.0 Å². The fourth-order valence-corrected chi connectivity index (χ4v) is 13.4. The van der Waals surface area contributed by atoms with Gasteiger partial charge in [0.05, 0.1) is 47.3 Å². The van der Waals surface area contributed by atoms with Crippen molar-refractivity contribution in [3.63, 3.8) is 0 Å². The first-order valence-electron chi connectivity index (χ1n) is 22.3. The molecular formula is C44H60N4O8. The smallest absolute Gasteiger partial charge is 0.234 e. The van der Waals surface area contributed by atoms with Gasteiger partial charge in [-0.1, -0.05) is 27.7 Å². The van der Waals surface area contributed by atoms with Gasteiger partial charge in [-0.15, -0.1) is 0 Å². The van der Waals surface area contributed by atoms with E-state index in [2.05, 4.69) is 27.7 Å². The van der Waals surface area contributed by atoms with Crippen LogP contribution in [0.2, 0.25) is 0 Å². The van der Waals surface area contributed by atoms with Gasteiger partial charge in [0.25, 0.3) is 0 Å². The second kappa shape index (κ2) is 14.1. The molecular weight excluding hydrogens is 713 g/mol. The van der Waals surface area contributed by atoms with Gasteiger partial charge in [0.1, 0.15) is 0 Å². The Hall–Kier alpha value is -3.44. The predicted molar refractivity (Wildman–Crippen MR) is 201 cm³/mol. The minimum Gasteiger partial charge on any atom is -0.279 e. The molecule has 12 nitrogen and oxygen atoms in total. The average molecular weight is 773 g/mol. The number of rotatable bonds is 4. The van der Waals surface area contributed by atoms with Gasteiger partial charge in [-0.3, -0.25) is 58.0 Å². The third kappa shape index (κ3) is 5.63. The number of carbonyl (C=O) groups is 8. The normalized spacial score (nSPS) is 45.9. The molecule has 4 heterocycles. The molecule has 5 saturated carbocycles. The highest BCUT2D eigenvalue weighted by molar-refractivity contribution is 6.19. The van der Waals surface area contributed by atoms with Gasteiger partial charge >= 0.3 is 0 Å².